The molecule has 0 aliphatic carbocycles. The minimum atomic E-state index is -1.05. The summed E-state index contributed by atoms with van der Waals surface area (Å²) in [7, 11) is 1.57. The molecule has 1 N–H and O–H groups in total. The van der Waals surface area contributed by atoms with Crippen molar-refractivity contribution in [1.82, 2.24) is 0 Å². The van der Waals surface area contributed by atoms with Gasteiger partial charge in [0, 0.05) is 12.6 Å². The number of hydrogen-bond acceptors (Lipinski definition) is 2. The van der Waals surface area contributed by atoms with Crippen LogP contribution in [-0.2, 0) is 0 Å². The monoisotopic (exact) mass is 269 g/mol. The number of nitrogens with zero attached hydrogens (tertiary/aromatic N) is 1. The summed E-state index contributed by atoms with van der Waals surface area (Å²) >= 11 is 0. The average Bonchev–Trinajstić information content (AvgIpc) is 2.46. The van der Waals surface area contributed by atoms with Gasteiger partial charge in [0.1, 0.15) is 0 Å². The van der Waals surface area contributed by atoms with Crippen LogP contribution in [0.3, 0.4) is 0 Å². The lowest BCUT2D eigenvalue weighted by Crippen LogP contribution is -2.27. The molecule has 4 heteroatoms. The highest BCUT2D eigenvalue weighted by atomic mass is 16.4. The van der Waals surface area contributed by atoms with Crippen LogP contribution in [0.5, 0.6) is 0 Å². The zero-order valence-corrected chi connectivity index (χ0v) is 11.3. The van der Waals surface area contributed by atoms with Crippen LogP contribution in [-0.4, -0.2) is 24.0 Å². The second-order valence-electron chi connectivity index (χ2n) is 4.55. The summed E-state index contributed by atoms with van der Waals surface area (Å²) in [5, 5.41) is 9.17. The van der Waals surface area contributed by atoms with Gasteiger partial charge >= 0.3 is 5.97 Å². The Bertz CT molecular complexity index is 647. The molecule has 0 radical (unpaired) electrons. The topological polar surface area (TPSA) is 57.6 Å². The fourth-order valence-electron chi connectivity index (χ4n) is 1.95. The standard InChI is InChI=1S/C16H15NO3/c1-11-7-9-12(10-8-11)15(18)17(2)14-6-4-3-5-13(14)16(19)20/h3-10H,1-2H3,(H,19,20). The van der Waals surface area contributed by atoms with E-state index in [9.17, 15) is 9.59 Å². The zero-order chi connectivity index (χ0) is 14.7. The van der Waals surface area contributed by atoms with Gasteiger partial charge in [0.05, 0.1) is 11.3 Å². The second kappa shape index (κ2) is 5.57. The molecule has 0 unspecified atom stereocenters. The van der Waals surface area contributed by atoms with Gasteiger partial charge in [-0.2, -0.15) is 0 Å². The number of carboxylic acid groups (broad SMARTS) is 1. The minimum absolute atomic E-state index is 0.107. The molecule has 2 aromatic rings. The highest BCUT2D eigenvalue weighted by Crippen LogP contribution is 2.21. The average molecular weight is 269 g/mol. The maximum Gasteiger partial charge on any atom is 0.337 e. The van der Waals surface area contributed by atoms with E-state index in [2.05, 4.69) is 0 Å². The maximum absolute atomic E-state index is 12.4. The Morgan fingerprint density at radius 1 is 1.00 bits per heavy atom. The van der Waals surface area contributed by atoms with Gasteiger partial charge in [-0.15, -0.1) is 0 Å². The molecule has 0 aromatic heterocycles. The zero-order valence-electron chi connectivity index (χ0n) is 11.3. The normalized spacial score (nSPS) is 10.1. The van der Waals surface area contributed by atoms with Crippen molar-refractivity contribution in [3.05, 3.63) is 65.2 Å². The van der Waals surface area contributed by atoms with Gasteiger partial charge in [-0.3, -0.25) is 4.79 Å². The number of aryl methyl sites for hydroxylation is 1. The van der Waals surface area contributed by atoms with E-state index in [1.165, 1.54) is 11.0 Å². The predicted octanol–water partition coefficient (Wildman–Crippen LogP) is 2.97. The molecule has 0 aliphatic heterocycles. The van der Waals surface area contributed by atoms with Gasteiger partial charge in [-0.25, -0.2) is 4.79 Å². The quantitative estimate of drug-likeness (QED) is 0.932. The first-order chi connectivity index (χ1) is 9.50. The van der Waals surface area contributed by atoms with E-state index in [0.29, 0.717) is 11.3 Å². The largest absolute Gasteiger partial charge is 0.478 e. The molecular weight excluding hydrogens is 254 g/mol. The molecule has 2 rings (SSSR count). The first kappa shape index (κ1) is 13.8. The Hall–Kier alpha value is -2.62. The first-order valence-corrected chi connectivity index (χ1v) is 6.17. The van der Waals surface area contributed by atoms with Gasteiger partial charge in [0.2, 0.25) is 0 Å². The number of rotatable bonds is 3. The number of carbonyl (C=O) groups is 2. The summed E-state index contributed by atoms with van der Waals surface area (Å²) in [6.45, 7) is 1.94. The Labute approximate surface area is 117 Å². The lowest BCUT2D eigenvalue weighted by atomic mass is 10.1. The molecule has 0 aliphatic rings. The molecule has 2 aromatic carbocycles. The van der Waals surface area contributed by atoms with Crippen molar-refractivity contribution in [2.75, 3.05) is 11.9 Å². The van der Waals surface area contributed by atoms with E-state index in [0.717, 1.165) is 5.56 Å². The summed E-state index contributed by atoms with van der Waals surface area (Å²) in [4.78, 5) is 24.9. The van der Waals surface area contributed by atoms with Crippen molar-refractivity contribution in [3.63, 3.8) is 0 Å². The number of carboxylic acids is 1. The fraction of sp³-hybridized carbons (Fsp3) is 0.125. The smallest absolute Gasteiger partial charge is 0.337 e. The number of anilines is 1. The highest BCUT2D eigenvalue weighted by molar-refractivity contribution is 6.09. The molecule has 0 atom stereocenters. The molecule has 0 spiro atoms. The van der Waals surface area contributed by atoms with E-state index in [-0.39, 0.29) is 11.5 Å². The number of carbonyl (C=O) groups excluding carboxylic acids is 1. The molecule has 0 saturated heterocycles. The molecule has 20 heavy (non-hydrogen) atoms. The van der Waals surface area contributed by atoms with E-state index in [4.69, 9.17) is 5.11 Å². The van der Waals surface area contributed by atoms with Crippen LogP contribution in [0.1, 0.15) is 26.3 Å². The van der Waals surface area contributed by atoms with Gasteiger partial charge in [0.25, 0.3) is 5.91 Å². The number of hydrogen-bond donors (Lipinski definition) is 1. The van der Waals surface area contributed by atoms with Gasteiger partial charge in [0.15, 0.2) is 0 Å². The Kier molecular flexibility index (Phi) is 3.84. The Balaban J connectivity index is 2.36. The third-order valence-electron chi connectivity index (χ3n) is 3.10. The summed E-state index contributed by atoms with van der Waals surface area (Å²) in [6, 6.07) is 13.6. The summed E-state index contributed by atoms with van der Waals surface area (Å²) < 4.78 is 0. The Morgan fingerprint density at radius 2 is 1.60 bits per heavy atom. The minimum Gasteiger partial charge on any atom is -0.478 e. The highest BCUT2D eigenvalue weighted by Gasteiger charge is 2.18. The SMILES string of the molecule is Cc1ccc(C(=O)N(C)c2ccccc2C(=O)O)cc1. The summed E-state index contributed by atoms with van der Waals surface area (Å²) in [5.74, 6) is -1.29. The van der Waals surface area contributed by atoms with E-state index >= 15 is 0 Å². The lowest BCUT2D eigenvalue weighted by Gasteiger charge is -2.19. The van der Waals surface area contributed by atoms with Crippen LogP contribution in [0.15, 0.2) is 48.5 Å². The maximum atomic E-state index is 12.4. The number of para-hydroxylation sites is 1. The van der Waals surface area contributed by atoms with Crippen LogP contribution in [0, 0.1) is 6.92 Å². The molecule has 0 bridgehead atoms. The number of benzene rings is 2. The van der Waals surface area contributed by atoms with Crippen molar-refractivity contribution < 1.29 is 14.7 Å². The molecular formula is C16H15NO3. The van der Waals surface area contributed by atoms with E-state index in [1.807, 2.05) is 19.1 Å². The van der Waals surface area contributed by atoms with Gasteiger partial charge in [-0.05, 0) is 31.2 Å². The molecule has 1 amide bonds. The molecule has 0 heterocycles. The summed E-state index contributed by atoms with van der Waals surface area (Å²) in [6.07, 6.45) is 0. The van der Waals surface area contributed by atoms with Crippen LogP contribution in [0.4, 0.5) is 5.69 Å². The lowest BCUT2D eigenvalue weighted by molar-refractivity contribution is 0.0697. The number of amides is 1. The Morgan fingerprint density at radius 3 is 2.20 bits per heavy atom. The van der Waals surface area contributed by atoms with E-state index < -0.39 is 5.97 Å². The molecule has 4 nitrogen and oxygen atoms in total. The first-order valence-electron chi connectivity index (χ1n) is 6.17. The molecule has 0 saturated carbocycles. The third-order valence-corrected chi connectivity index (χ3v) is 3.10. The molecule has 102 valence electrons. The molecule has 0 fully saturated rings. The third kappa shape index (κ3) is 2.69. The van der Waals surface area contributed by atoms with Crippen molar-refractivity contribution in [2.45, 2.75) is 6.92 Å². The van der Waals surface area contributed by atoms with Crippen molar-refractivity contribution in [3.8, 4) is 0 Å². The van der Waals surface area contributed by atoms with Crippen LogP contribution < -0.4 is 4.90 Å². The van der Waals surface area contributed by atoms with Crippen molar-refractivity contribution in [2.24, 2.45) is 0 Å². The number of aromatic carboxylic acids is 1. The van der Waals surface area contributed by atoms with Gasteiger partial charge in [-0.1, -0.05) is 29.8 Å². The summed E-state index contributed by atoms with van der Waals surface area (Å²) in [5.41, 5.74) is 2.08. The van der Waals surface area contributed by atoms with Gasteiger partial charge < -0.3 is 10.0 Å². The fourth-order valence-corrected chi connectivity index (χ4v) is 1.95. The van der Waals surface area contributed by atoms with Crippen LogP contribution >= 0.6 is 0 Å². The second-order valence-corrected chi connectivity index (χ2v) is 4.55. The van der Waals surface area contributed by atoms with Crippen LogP contribution in [0.25, 0.3) is 0 Å². The van der Waals surface area contributed by atoms with Crippen molar-refractivity contribution in [1.29, 1.82) is 0 Å². The predicted molar refractivity (Wildman–Crippen MR) is 77.3 cm³/mol. The van der Waals surface area contributed by atoms with Crippen molar-refractivity contribution >= 4 is 17.6 Å². The van der Waals surface area contributed by atoms with Crippen LogP contribution in [0.2, 0.25) is 0 Å². The van der Waals surface area contributed by atoms with E-state index in [1.54, 1.807) is 37.4 Å².